The molecule has 0 saturated heterocycles. The third kappa shape index (κ3) is 2.09. The molecule has 0 spiro atoms. The van der Waals surface area contributed by atoms with Gasteiger partial charge < -0.3 is 5.32 Å². The van der Waals surface area contributed by atoms with Crippen LogP contribution in [0.5, 0.6) is 0 Å². The molecule has 1 fully saturated rings. The van der Waals surface area contributed by atoms with E-state index in [1.807, 2.05) is 6.92 Å². The largest absolute Gasteiger partial charge is 0.349 e. The van der Waals surface area contributed by atoms with Crippen LogP contribution in [0.25, 0.3) is 0 Å². The monoisotopic (exact) mass is 211 g/mol. The molecule has 1 aromatic heterocycles. The predicted molar refractivity (Wildman–Crippen MR) is 53.8 cm³/mol. The second-order valence-electron chi connectivity index (χ2n) is 3.56. The van der Waals surface area contributed by atoms with E-state index >= 15 is 0 Å². The van der Waals surface area contributed by atoms with Crippen LogP contribution in [-0.2, 0) is 11.3 Å². The summed E-state index contributed by atoms with van der Waals surface area (Å²) in [5.41, 5.74) is 0. The molecular weight excluding hydrogens is 198 g/mol. The van der Waals surface area contributed by atoms with Crippen molar-refractivity contribution in [1.82, 2.24) is 15.5 Å². The average Bonchev–Trinajstić information content (AvgIpc) is 2.45. The Kier molecular flexibility index (Phi) is 2.77. The zero-order valence-corrected chi connectivity index (χ0v) is 8.93. The summed E-state index contributed by atoms with van der Waals surface area (Å²) in [7, 11) is 0. The van der Waals surface area contributed by atoms with Crippen LogP contribution in [0, 0.1) is 12.8 Å². The van der Waals surface area contributed by atoms with Gasteiger partial charge in [-0.15, -0.1) is 10.2 Å². The van der Waals surface area contributed by atoms with E-state index < -0.39 is 0 Å². The normalized spacial score (nSPS) is 16.4. The molecule has 1 aliphatic rings. The van der Waals surface area contributed by atoms with Crippen molar-refractivity contribution >= 4 is 17.2 Å². The quantitative estimate of drug-likeness (QED) is 0.819. The number of hydrogen-bond donors (Lipinski definition) is 1. The van der Waals surface area contributed by atoms with Gasteiger partial charge in [0.1, 0.15) is 10.0 Å². The Morgan fingerprint density at radius 1 is 1.57 bits per heavy atom. The zero-order chi connectivity index (χ0) is 9.97. The van der Waals surface area contributed by atoms with E-state index in [-0.39, 0.29) is 11.8 Å². The van der Waals surface area contributed by atoms with E-state index in [4.69, 9.17) is 0 Å². The number of carbonyl (C=O) groups excluding carboxylic acids is 1. The van der Waals surface area contributed by atoms with Crippen LogP contribution in [0.2, 0.25) is 0 Å². The third-order valence-electron chi connectivity index (χ3n) is 2.46. The van der Waals surface area contributed by atoms with E-state index in [0.29, 0.717) is 6.54 Å². The van der Waals surface area contributed by atoms with E-state index in [9.17, 15) is 4.79 Å². The summed E-state index contributed by atoms with van der Waals surface area (Å²) >= 11 is 1.53. The number of aryl methyl sites for hydroxylation is 1. The van der Waals surface area contributed by atoms with Crippen LogP contribution in [0.1, 0.15) is 29.3 Å². The van der Waals surface area contributed by atoms with Crippen LogP contribution >= 0.6 is 11.3 Å². The van der Waals surface area contributed by atoms with Crippen molar-refractivity contribution in [2.24, 2.45) is 5.92 Å². The number of amides is 1. The molecular formula is C9H13N3OS. The Labute approximate surface area is 86.7 Å². The van der Waals surface area contributed by atoms with Gasteiger partial charge in [0, 0.05) is 5.92 Å². The highest BCUT2D eigenvalue weighted by atomic mass is 32.1. The van der Waals surface area contributed by atoms with Crippen molar-refractivity contribution in [3.8, 4) is 0 Å². The Morgan fingerprint density at radius 3 is 2.86 bits per heavy atom. The molecule has 0 aliphatic heterocycles. The molecule has 0 atom stereocenters. The van der Waals surface area contributed by atoms with Crippen molar-refractivity contribution in [3.63, 3.8) is 0 Å². The van der Waals surface area contributed by atoms with Crippen molar-refractivity contribution < 1.29 is 4.79 Å². The standard InChI is InChI=1S/C9H13N3OS/c1-6-11-12-8(14-6)5-10-9(13)7-3-2-4-7/h7H,2-5H2,1H3,(H,10,13). The van der Waals surface area contributed by atoms with Gasteiger partial charge in [-0.1, -0.05) is 17.8 Å². The van der Waals surface area contributed by atoms with Crippen molar-refractivity contribution in [1.29, 1.82) is 0 Å². The van der Waals surface area contributed by atoms with E-state index in [0.717, 1.165) is 22.9 Å². The average molecular weight is 211 g/mol. The summed E-state index contributed by atoms with van der Waals surface area (Å²) < 4.78 is 0. The fraction of sp³-hybridized carbons (Fsp3) is 0.667. The molecule has 0 radical (unpaired) electrons. The number of nitrogens with zero attached hydrogens (tertiary/aromatic N) is 2. The van der Waals surface area contributed by atoms with Crippen LogP contribution in [0.15, 0.2) is 0 Å². The molecule has 76 valence electrons. The number of rotatable bonds is 3. The van der Waals surface area contributed by atoms with E-state index in [2.05, 4.69) is 15.5 Å². The zero-order valence-electron chi connectivity index (χ0n) is 8.12. The fourth-order valence-corrected chi connectivity index (χ4v) is 2.04. The lowest BCUT2D eigenvalue weighted by molar-refractivity contribution is -0.127. The molecule has 0 aromatic carbocycles. The molecule has 2 rings (SSSR count). The minimum Gasteiger partial charge on any atom is -0.349 e. The summed E-state index contributed by atoms with van der Waals surface area (Å²) in [4.78, 5) is 11.5. The van der Waals surface area contributed by atoms with Gasteiger partial charge in [0.05, 0.1) is 6.54 Å². The molecule has 0 unspecified atom stereocenters. The highest BCUT2D eigenvalue weighted by molar-refractivity contribution is 7.11. The van der Waals surface area contributed by atoms with Crippen LogP contribution < -0.4 is 5.32 Å². The lowest BCUT2D eigenvalue weighted by atomic mass is 9.85. The van der Waals surface area contributed by atoms with E-state index in [1.54, 1.807) is 0 Å². The van der Waals surface area contributed by atoms with Crippen LogP contribution in [-0.4, -0.2) is 16.1 Å². The summed E-state index contributed by atoms with van der Waals surface area (Å²) in [6.07, 6.45) is 3.28. The first-order valence-electron chi connectivity index (χ1n) is 4.82. The lowest BCUT2D eigenvalue weighted by Gasteiger charge is -2.23. The first-order valence-corrected chi connectivity index (χ1v) is 5.64. The Balaban J connectivity index is 1.79. The third-order valence-corrected chi connectivity index (χ3v) is 3.30. The number of carbonyl (C=O) groups is 1. The second kappa shape index (κ2) is 4.04. The molecule has 1 aliphatic carbocycles. The van der Waals surface area contributed by atoms with Gasteiger partial charge in [-0.25, -0.2) is 0 Å². The van der Waals surface area contributed by atoms with Crippen LogP contribution in [0.4, 0.5) is 0 Å². The van der Waals surface area contributed by atoms with Crippen molar-refractivity contribution in [2.75, 3.05) is 0 Å². The molecule has 1 saturated carbocycles. The van der Waals surface area contributed by atoms with Crippen molar-refractivity contribution in [2.45, 2.75) is 32.7 Å². The molecule has 0 bridgehead atoms. The summed E-state index contributed by atoms with van der Waals surface area (Å²) in [6.45, 7) is 2.44. The molecule has 1 aromatic rings. The number of hydrogen-bond acceptors (Lipinski definition) is 4. The van der Waals surface area contributed by atoms with E-state index in [1.165, 1.54) is 17.8 Å². The maximum absolute atomic E-state index is 11.5. The van der Waals surface area contributed by atoms with Gasteiger partial charge in [-0.05, 0) is 19.8 Å². The Bertz CT molecular complexity index is 333. The molecule has 1 N–H and O–H groups in total. The van der Waals surface area contributed by atoms with Gasteiger partial charge >= 0.3 is 0 Å². The summed E-state index contributed by atoms with van der Waals surface area (Å²) in [5, 5.41) is 12.5. The topological polar surface area (TPSA) is 54.9 Å². The van der Waals surface area contributed by atoms with Gasteiger partial charge in [-0.2, -0.15) is 0 Å². The fourth-order valence-electron chi connectivity index (χ4n) is 1.39. The van der Waals surface area contributed by atoms with Gasteiger partial charge in [0.2, 0.25) is 5.91 Å². The minimum atomic E-state index is 0.170. The van der Waals surface area contributed by atoms with Crippen molar-refractivity contribution in [3.05, 3.63) is 10.0 Å². The Morgan fingerprint density at radius 2 is 2.36 bits per heavy atom. The highest BCUT2D eigenvalue weighted by Crippen LogP contribution is 2.26. The summed E-state index contributed by atoms with van der Waals surface area (Å²) in [5.74, 6) is 0.424. The number of nitrogens with one attached hydrogen (secondary N) is 1. The SMILES string of the molecule is Cc1nnc(CNC(=O)C2CCC2)s1. The number of aromatic nitrogens is 2. The lowest BCUT2D eigenvalue weighted by Crippen LogP contribution is -2.33. The maximum Gasteiger partial charge on any atom is 0.223 e. The molecule has 5 heteroatoms. The molecule has 1 amide bonds. The molecule has 14 heavy (non-hydrogen) atoms. The maximum atomic E-state index is 11.5. The Hall–Kier alpha value is -0.970. The van der Waals surface area contributed by atoms with Gasteiger partial charge in [0.25, 0.3) is 0 Å². The van der Waals surface area contributed by atoms with Crippen LogP contribution in [0.3, 0.4) is 0 Å². The minimum absolute atomic E-state index is 0.170. The highest BCUT2D eigenvalue weighted by Gasteiger charge is 2.24. The second-order valence-corrected chi connectivity index (χ2v) is 4.83. The first kappa shape index (κ1) is 9.58. The smallest absolute Gasteiger partial charge is 0.223 e. The summed E-state index contributed by atoms with van der Waals surface area (Å²) in [6, 6.07) is 0. The molecule has 4 nitrogen and oxygen atoms in total. The first-order chi connectivity index (χ1) is 6.75. The predicted octanol–water partition coefficient (Wildman–Crippen LogP) is 1.26. The molecule has 1 heterocycles. The van der Waals surface area contributed by atoms with Gasteiger partial charge in [0.15, 0.2) is 0 Å². The van der Waals surface area contributed by atoms with Gasteiger partial charge in [-0.3, -0.25) is 4.79 Å².